The minimum absolute atomic E-state index is 0.0992. The van der Waals surface area contributed by atoms with Crippen LogP contribution < -0.4 is 15.0 Å². The number of rotatable bonds is 8. The molecule has 1 N–H and O–H groups in total. The van der Waals surface area contributed by atoms with Gasteiger partial charge >= 0.3 is 6.03 Å². The van der Waals surface area contributed by atoms with E-state index in [0.717, 1.165) is 31.2 Å². The van der Waals surface area contributed by atoms with Crippen molar-refractivity contribution in [2.24, 2.45) is 0 Å². The number of carbonyl (C=O) groups excluding carboxylic acids is 3. The molecule has 1 fully saturated rings. The van der Waals surface area contributed by atoms with Crippen LogP contribution in [0.2, 0.25) is 0 Å². The van der Waals surface area contributed by atoms with Gasteiger partial charge in [0.15, 0.2) is 0 Å². The van der Waals surface area contributed by atoms with Gasteiger partial charge in [-0.1, -0.05) is 29.3 Å². The predicted octanol–water partition coefficient (Wildman–Crippen LogP) is 5.06. The SMILES string of the molecule is COc1ccc(NC(=O)C[C@H]2C(=O)N(c3ccc(C)cc3)C(=O)N2CCC2=CCCCC2)cc1. The molecule has 1 atom stereocenters. The lowest BCUT2D eigenvalue weighted by Crippen LogP contribution is -2.38. The molecule has 2 aromatic carbocycles. The topological polar surface area (TPSA) is 79.0 Å². The number of anilines is 2. The van der Waals surface area contributed by atoms with Crippen molar-refractivity contribution in [1.82, 2.24) is 4.90 Å². The molecule has 0 radical (unpaired) electrons. The third-order valence-corrected chi connectivity index (χ3v) is 6.42. The molecule has 34 heavy (non-hydrogen) atoms. The molecule has 0 spiro atoms. The number of nitrogens with one attached hydrogen (secondary N) is 1. The van der Waals surface area contributed by atoms with Crippen molar-refractivity contribution in [3.05, 3.63) is 65.7 Å². The van der Waals surface area contributed by atoms with E-state index in [1.807, 2.05) is 19.1 Å². The molecule has 1 saturated heterocycles. The Balaban J connectivity index is 1.52. The quantitative estimate of drug-likeness (QED) is 0.440. The monoisotopic (exact) mass is 461 g/mol. The lowest BCUT2D eigenvalue weighted by Gasteiger charge is -2.23. The average molecular weight is 462 g/mol. The summed E-state index contributed by atoms with van der Waals surface area (Å²) in [5.74, 6) is 0.00631. The van der Waals surface area contributed by atoms with Crippen molar-refractivity contribution in [2.45, 2.75) is 51.5 Å². The summed E-state index contributed by atoms with van der Waals surface area (Å²) in [6.07, 6.45) is 7.30. The summed E-state index contributed by atoms with van der Waals surface area (Å²) in [6.45, 7) is 2.37. The maximum atomic E-state index is 13.4. The molecule has 0 unspecified atom stereocenters. The Morgan fingerprint density at radius 2 is 1.79 bits per heavy atom. The second kappa shape index (κ2) is 10.5. The van der Waals surface area contributed by atoms with Crippen LogP contribution in [0.5, 0.6) is 5.75 Å². The Morgan fingerprint density at radius 1 is 1.06 bits per heavy atom. The van der Waals surface area contributed by atoms with Crippen LogP contribution in [-0.2, 0) is 9.59 Å². The average Bonchev–Trinajstić information content (AvgIpc) is 3.08. The van der Waals surface area contributed by atoms with E-state index in [4.69, 9.17) is 4.74 Å². The van der Waals surface area contributed by atoms with E-state index in [-0.39, 0.29) is 24.3 Å². The molecule has 1 aliphatic carbocycles. The second-order valence-electron chi connectivity index (χ2n) is 8.84. The van der Waals surface area contributed by atoms with Crippen molar-refractivity contribution in [3.8, 4) is 5.75 Å². The fourth-order valence-corrected chi connectivity index (χ4v) is 4.48. The molecule has 7 heteroatoms. The van der Waals surface area contributed by atoms with E-state index in [1.54, 1.807) is 48.4 Å². The first-order valence-corrected chi connectivity index (χ1v) is 11.8. The number of nitrogens with zero attached hydrogens (tertiary/aromatic N) is 2. The van der Waals surface area contributed by atoms with E-state index in [1.165, 1.54) is 16.9 Å². The molecular formula is C27H31N3O4. The highest BCUT2D eigenvalue weighted by atomic mass is 16.5. The maximum absolute atomic E-state index is 13.4. The van der Waals surface area contributed by atoms with E-state index in [0.29, 0.717) is 23.7 Å². The van der Waals surface area contributed by atoms with Gasteiger partial charge in [0.2, 0.25) is 5.91 Å². The van der Waals surface area contributed by atoms with Crippen LogP contribution in [0, 0.1) is 6.92 Å². The highest BCUT2D eigenvalue weighted by Crippen LogP contribution is 2.29. The van der Waals surface area contributed by atoms with Gasteiger partial charge < -0.3 is 15.0 Å². The number of methoxy groups -OCH3 is 1. The van der Waals surface area contributed by atoms with Crippen LogP contribution in [0.25, 0.3) is 0 Å². The zero-order valence-corrected chi connectivity index (χ0v) is 19.8. The Labute approximate surface area is 200 Å². The number of hydrogen-bond donors (Lipinski definition) is 1. The van der Waals surface area contributed by atoms with Crippen molar-refractivity contribution < 1.29 is 19.1 Å². The Morgan fingerprint density at radius 3 is 2.44 bits per heavy atom. The van der Waals surface area contributed by atoms with Gasteiger partial charge in [0.05, 0.1) is 19.2 Å². The molecule has 4 amide bonds. The fourth-order valence-electron chi connectivity index (χ4n) is 4.48. The lowest BCUT2D eigenvalue weighted by molar-refractivity contribution is -0.124. The normalized spacial score (nSPS) is 18.2. The molecule has 2 aliphatic rings. The van der Waals surface area contributed by atoms with Crippen LogP contribution in [-0.4, -0.2) is 42.4 Å². The van der Waals surface area contributed by atoms with Gasteiger partial charge in [-0.2, -0.15) is 0 Å². The summed E-state index contributed by atoms with van der Waals surface area (Å²) in [5.41, 5.74) is 3.50. The number of benzene rings is 2. The third kappa shape index (κ3) is 5.30. The first kappa shape index (κ1) is 23.5. The number of allylic oxidation sites excluding steroid dienone is 1. The highest BCUT2D eigenvalue weighted by molar-refractivity contribution is 6.22. The summed E-state index contributed by atoms with van der Waals surface area (Å²) in [4.78, 5) is 42.4. The van der Waals surface area contributed by atoms with Crippen molar-refractivity contribution in [1.29, 1.82) is 0 Å². The number of ether oxygens (including phenoxy) is 1. The zero-order valence-electron chi connectivity index (χ0n) is 19.8. The number of amides is 4. The lowest BCUT2D eigenvalue weighted by atomic mass is 9.97. The molecule has 1 heterocycles. The van der Waals surface area contributed by atoms with Crippen molar-refractivity contribution in [3.63, 3.8) is 0 Å². The summed E-state index contributed by atoms with van der Waals surface area (Å²) >= 11 is 0. The van der Waals surface area contributed by atoms with Crippen LogP contribution in [0.1, 0.15) is 44.1 Å². The molecule has 7 nitrogen and oxygen atoms in total. The van der Waals surface area contributed by atoms with Crippen molar-refractivity contribution in [2.75, 3.05) is 23.9 Å². The summed E-state index contributed by atoms with van der Waals surface area (Å²) in [7, 11) is 1.58. The van der Waals surface area contributed by atoms with Crippen molar-refractivity contribution >= 4 is 29.2 Å². The van der Waals surface area contributed by atoms with E-state index in [2.05, 4.69) is 11.4 Å². The Hall–Kier alpha value is -3.61. The predicted molar refractivity (Wildman–Crippen MR) is 132 cm³/mol. The summed E-state index contributed by atoms with van der Waals surface area (Å²) < 4.78 is 5.15. The van der Waals surface area contributed by atoms with Gasteiger partial charge in [0.25, 0.3) is 5.91 Å². The van der Waals surface area contributed by atoms with Crippen LogP contribution in [0.15, 0.2) is 60.2 Å². The smallest absolute Gasteiger partial charge is 0.332 e. The molecule has 2 aromatic rings. The van der Waals surface area contributed by atoms with Gasteiger partial charge in [-0.3, -0.25) is 9.59 Å². The van der Waals surface area contributed by atoms with Gasteiger partial charge in [0, 0.05) is 12.2 Å². The molecule has 0 saturated carbocycles. The summed E-state index contributed by atoms with van der Waals surface area (Å²) in [5, 5.41) is 2.83. The van der Waals surface area contributed by atoms with Crippen LogP contribution in [0.3, 0.4) is 0 Å². The number of imide groups is 1. The van der Waals surface area contributed by atoms with E-state index in [9.17, 15) is 14.4 Å². The number of urea groups is 1. The van der Waals surface area contributed by atoms with E-state index >= 15 is 0 Å². The molecule has 1 aliphatic heterocycles. The third-order valence-electron chi connectivity index (χ3n) is 6.42. The van der Waals surface area contributed by atoms with Crippen LogP contribution in [0.4, 0.5) is 16.2 Å². The Kier molecular flexibility index (Phi) is 7.30. The van der Waals surface area contributed by atoms with Gasteiger partial charge in [-0.15, -0.1) is 0 Å². The number of aryl methyl sites for hydroxylation is 1. The minimum atomic E-state index is -0.837. The largest absolute Gasteiger partial charge is 0.497 e. The van der Waals surface area contributed by atoms with Gasteiger partial charge in [0.1, 0.15) is 11.8 Å². The standard InChI is InChI=1S/C27H31N3O4/c1-19-8-12-22(13-9-19)30-26(32)24(18-25(31)28-21-10-14-23(34-2)15-11-21)29(27(30)33)17-16-20-6-4-3-5-7-20/h6,8-15,24H,3-5,7,16-18H2,1-2H3,(H,28,31)/t24-/m0/s1. The maximum Gasteiger partial charge on any atom is 0.332 e. The summed E-state index contributed by atoms with van der Waals surface area (Å²) in [6, 6.07) is 13.1. The zero-order chi connectivity index (χ0) is 24.1. The van der Waals surface area contributed by atoms with Crippen LogP contribution >= 0.6 is 0 Å². The fraction of sp³-hybridized carbons (Fsp3) is 0.370. The molecule has 0 aromatic heterocycles. The highest BCUT2D eigenvalue weighted by Gasteiger charge is 2.46. The Bertz CT molecular complexity index is 1080. The molecule has 4 rings (SSSR count). The minimum Gasteiger partial charge on any atom is -0.497 e. The number of hydrogen-bond acceptors (Lipinski definition) is 4. The first-order chi connectivity index (χ1) is 16.5. The second-order valence-corrected chi connectivity index (χ2v) is 8.84. The molecule has 178 valence electrons. The van der Waals surface area contributed by atoms with Gasteiger partial charge in [-0.25, -0.2) is 9.69 Å². The van der Waals surface area contributed by atoms with Gasteiger partial charge in [-0.05, 0) is 75.4 Å². The first-order valence-electron chi connectivity index (χ1n) is 11.8. The molecule has 0 bridgehead atoms. The molecular weight excluding hydrogens is 430 g/mol. The van der Waals surface area contributed by atoms with E-state index < -0.39 is 6.04 Å². The number of carbonyl (C=O) groups is 3.